The Morgan fingerprint density at radius 2 is 1.82 bits per heavy atom. The zero-order chi connectivity index (χ0) is 12.9. The predicted octanol–water partition coefficient (Wildman–Crippen LogP) is 0.724. The Labute approximate surface area is 101 Å². The van der Waals surface area contributed by atoms with E-state index in [1.165, 1.54) is 7.11 Å². The largest absolute Gasteiger partial charge is 0.469 e. The Hall–Kier alpha value is -0.910. The van der Waals surface area contributed by atoms with E-state index in [2.05, 4.69) is 4.74 Å². The number of esters is 1. The van der Waals surface area contributed by atoms with Crippen LogP contribution in [0.1, 0.15) is 32.1 Å². The topological polar surface area (TPSA) is 77.5 Å². The summed E-state index contributed by atoms with van der Waals surface area (Å²) in [5, 5.41) is 0. The predicted molar refractivity (Wildman–Crippen MR) is 62.3 cm³/mol. The first-order chi connectivity index (χ1) is 7.94. The van der Waals surface area contributed by atoms with Gasteiger partial charge in [0.2, 0.25) is 0 Å². The molecule has 6 heteroatoms. The number of hydrogen-bond acceptors (Lipinski definition) is 5. The molecule has 1 rings (SSSR count). The van der Waals surface area contributed by atoms with Crippen molar-refractivity contribution in [1.82, 2.24) is 0 Å². The lowest BCUT2D eigenvalue weighted by molar-refractivity contribution is -0.140. The SMILES string of the molecule is COC(=O)CCS(=O)(=O)CC(=O)C1CCCC1. The highest BCUT2D eigenvalue weighted by Crippen LogP contribution is 2.25. The molecule has 0 N–H and O–H groups in total. The van der Waals surface area contributed by atoms with E-state index in [9.17, 15) is 18.0 Å². The Kier molecular flexibility index (Phi) is 5.11. The first-order valence-corrected chi connectivity index (χ1v) is 7.56. The van der Waals surface area contributed by atoms with Crippen molar-refractivity contribution in [2.24, 2.45) is 5.92 Å². The first-order valence-electron chi connectivity index (χ1n) is 5.74. The molecule has 1 saturated carbocycles. The van der Waals surface area contributed by atoms with Crippen LogP contribution in [0.3, 0.4) is 0 Å². The Morgan fingerprint density at radius 1 is 1.24 bits per heavy atom. The van der Waals surface area contributed by atoms with Gasteiger partial charge in [-0.1, -0.05) is 12.8 Å². The van der Waals surface area contributed by atoms with Crippen molar-refractivity contribution in [3.63, 3.8) is 0 Å². The van der Waals surface area contributed by atoms with E-state index in [1.54, 1.807) is 0 Å². The summed E-state index contributed by atoms with van der Waals surface area (Å²) < 4.78 is 27.5. The number of sulfone groups is 1. The van der Waals surface area contributed by atoms with Gasteiger partial charge in [-0.2, -0.15) is 0 Å². The molecule has 0 heterocycles. The third kappa shape index (κ3) is 4.85. The molecule has 0 aromatic heterocycles. The molecule has 0 aromatic carbocycles. The molecule has 0 aliphatic heterocycles. The highest BCUT2D eigenvalue weighted by atomic mass is 32.2. The molecule has 1 fully saturated rings. The van der Waals surface area contributed by atoms with E-state index < -0.39 is 21.6 Å². The second kappa shape index (κ2) is 6.14. The van der Waals surface area contributed by atoms with Gasteiger partial charge in [-0.05, 0) is 12.8 Å². The second-order valence-electron chi connectivity index (χ2n) is 4.37. The molecule has 98 valence electrons. The molecular formula is C11H18O5S. The molecule has 0 amide bonds. The van der Waals surface area contributed by atoms with E-state index in [0.717, 1.165) is 25.7 Å². The molecule has 0 spiro atoms. The number of hydrogen-bond donors (Lipinski definition) is 0. The van der Waals surface area contributed by atoms with Gasteiger partial charge in [0, 0.05) is 5.92 Å². The molecule has 0 bridgehead atoms. The van der Waals surface area contributed by atoms with Crippen molar-refractivity contribution < 1.29 is 22.7 Å². The van der Waals surface area contributed by atoms with E-state index in [0.29, 0.717) is 0 Å². The average molecular weight is 262 g/mol. The van der Waals surface area contributed by atoms with Crippen molar-refractivity contribution in [3.05, 3.63) is 0 Å². The Morgan fingerprint density at radius 3 is 2.35 bits per heavy atom. The van der Waals surface area contributed by atoms with Gasteiger partial charge in [0.1, 0.15) is 5.75 Å². The standard InChI is InChI=1S/C11H18O5S/c1-16-11(13)6-7-17(14,15)8-10(12)9-4-2-3-5-9/h9H,2-8H2,1H3. The zero-order valence-corrected chi connectivity index (χ0v) is 10.8. The van der Waals surface area contributed by atoms with E-state index in [4.69, 9.17) is 0 Å². The van der Waals surface area contributed by atoms with E-state index in [-0.39, 0.29) is 23.9 Å². The molecule has 0 saturated heterocycles. The fourth-order valence-electron chi connectivity index (χ4n) is 2.00. The first kappa shape index (κ1) is 14.2. The zero-order valence-electron chi connectivity index (χ0n) is 9.98. The third-order valence-corrected chi connectivity index (χ3v) is 4.57. The molecule has 5 nitrogen and oxygen atoms in total. The fourth-order valence-corrected chi connectivity index (χ4v) is 3.29. The Bertz CT molecular complexity index is 379. The van der Waals surface area contributed by atoms with Gasteiger partial charge in [-0.25, -0.2) is 8.42 Å². The van der Waals surface area contributed by atoms with Crippen molar-refractivity contribution in [2.75, 3.05) is 18.6 Å². The fraction of sp³-hybridized carbons (Fsp3) is 0.818. The van der Waals surface area contributed by atoms with Crippen LogP contribution in [0, 0.1) is 5.92 Å². The van der Waals surface area contributed by atoms with Gasteiger partial charge in [0.25, 0.3) is 0 Å². The van der Waals surface area contributed by atoms with Crippen molar-refractivity contribution in [3.8, 4) is 0 Å². The summed E-state index contributed by atoms with van der Waals surface area (Å²) in [7, 11) is -2.27. The maximum atomic E-state index is 11.7. The maximum absolute atomic E-state index is 11.7. The molecule has 0 radical (unpaired) electrons. The summed E-state index contributed by atoms with van der Waals surface area (Å²) in [6, 6.07) is 0. The van der Waals surface area contributed by atoms with E-state index in [1.807, 2.05) is 0 Å². The minimum atomic E-state index is -3.47. The lowest BCUT2D eigenvalue weighted by Crippen LogP contribution is -2.25. The third-order valence-electron chi connectivity index (χ3n) is 3.02. The smallest absolute Gasteiger partial charge is 0.306 e. The minimum absolute atomic E-state index is 0.0945. The van der Waals surface area contributed by atoms with E-state index >= 15 is 0 Å². The van der Waals surface area contributed by atoms with Crippen LogP contribution in [0.2, 0.25) is 0 Å². The van der Waals surface area contributed by atoms with Crippen LogP contribution in [0.15, 0.2) is 0 Å². The number of ether oxygens (including phenoxy) is 1. The van der Waals surface area contributed by atoms with Crippen LogP contribution >= 0.6 is 0 Å². The van der Waals surface area contributed by atoms with Gasteiger partial charge in [-0.3, -0.25) is 9.59 Å². The normalized spacial score (nSPS) is 17.0. The molecule has 1 aliphatic rings. The lowest BCUT2D eigenvalue weighted by Gasteiger charge is -2.08. The van der Waals surface area contributed by atoms with Crippen LogP contribution in [0.4, 0.5) is 0 Å². The average Bonchev–Trinajstić information content (AvgIpc) is 2.78. The number of carbonyl (C=O) groups excluding carboxylic acids is 2. The number of methoxy groups -OCH3 is 1. The molecule has 0 aromatic rings. The van der Waals surface area contributed by atoms with Crippen molar-refractivity contribution in [1.29, 1.82) is 0 Å². The van der Waals surface area contributed by atoms with Gasteiger partial charge in [0.15, 0.2) is 15.6 Å². The highest BCUT2D eigenvalue weighted by Gasteiger charge is 2.27. The highest BCUT2D eigenvalue weighted by molar-refractivity contribution is 7.92. The summed E-state index contributed by atoms with van der Waals surface area (Å²) in [6.45, 7) is 0. The van der Waals surface area contributed by atoms with Crippen LogP contribution in [-0.4, -0.2) is 38.8 Å². The van der Waals surface area contributed by atoms with Crippen LogP contribution in [-0.2, 0) is 24.2 Å². The molecule has 0 unspecified atom stereocenters. The van der Waals surface area contributed by atoms with Crippen LogP contribution in [0.5, 0.6) is 0 Å². The number of carbonyl (C=O) groups is 2. The summed E-state index contributed by atoms with van der Waals surface area (Å²) >= 11 is 0. The Balaban J connectivity index is 2.42. The van der Waals surface area contributed by atoms with Crippen LogP contribution in [0.25, 0.3) is 0 Å². The minimum Gasteiger partial charge on any atom is -0.469 e. The lowest BCUT2D eigenvalue weighted by atomic mass is 10.0. The summed E-state index contributed by atoms with van der Waals surface area (Å²) in [5.74, 6) is -1.61. The van der Waals surface area contributed by atoms with Crippen LogP contribution < -0.4 is 0 Å². The number of rotatable bonds is 6. The van der Waals surface area contributed by atoms with Gasteiger partial charge in [0.05, 0.1) is 19.3 Å². The molecule has 17 heavy (non-hydrogen) atoms. The van der Waals surface area contributed by atoms with Gasteiger partial charge >= 0.3 is 5.97 Å². The molecular weight excluding hydrogens is 244 g/mol. The van der Waals surface area contributed by atoms with Gasteiger partial charge in [-0.15, -0.1) is 0 Å². The maximum Gasteiger partial charge on any atom is 0.306 e. The number of ketones is 1. The summed E-state index contributed by atoms with van der Waals surface area (Å²) in [5.41, 5.74) is 0. The van der Waals surface area contributed by atoms with Crippen molar-refractivity contribution in [2.45, 2.75) is 32.1 Å². The number of Topliss-reactive ketones (excluding diaryl/α,β-unsaturated/α-hetero) is 1. The quantitative estimate of drug-likeness (QED) is 0.659. The molecule has 0 atom stereocenters. The molecule has 1 aliphatic carbocycles. The second-order valence-corrected chi connectivity index (χ2v) is 6.55. The van der Waals surface area contributed by atoms with Crippen molar-refractivity contribution >= 4 is 21.6 Å². The monoisotopic (exact) mass is 262 g/mol. The summed E-state index contributed by atoms with van der Waals surface area (Å²) in [4.78, 5) is 22.5. The van der Waals surface area contributed by atoms with Gasteiger partial charge < -0.3 is 4.74 Å². The summed E-state index contributed by atoms with van der Waals surface area (Å²) in [6.07, 6.45) is 3.41.